The molecule has 0 aromatic heterocycles. The highest BCUT2D eigenvalue weighted by Crippen LogP contribution is 2.39. The minimum atomic E-state index is -0.411. The summed E-state index contributed by atoms with van der Waals surface area (Å²) in [6.45, 7) is 8.24. The lowest BCUT2D eigenvalue weighted by Crippen LogP contribution is -2.31. The molecule has 0 spiro atoms. The average molecular weight is 388 g/mol. The number of imide groups is 1. The van der Waals surface area contributed by atoms with Crippen LogP contribution in [0.25, 0.3) is 0 Å². The first-order valence-corrected chi connectivity index (χ1v) is 9.65. The van der Waals surface area contributed by atoms with Crippen LogP contribution in [-0.4, -0.2) is 24.3 Å². The number of carbonyl (C=O) groups excluding carboxylic acids is 3. The Hall–Kier alpha value is -3.39. The molecule has 0 saturated carbocycles. The molecule has 1 heterocycles. The molecule has 2 aromatic rings. The van der Waals surface area contributed by atoms with Crippen molar-refractivity contribution >= 4 is 23.4 Å². The second-order valence-corrected chi connectivity index (χ2v) is 7.69. The van der Waals surface area contributed by atoms with E-state index in [0.717, 1.165) is 11.1 Å². The molecule has 0 radical (unpaired) electrons. The highest BCUT2D eigenvalue weighted by atomic mass is 16.2. The van der Waals surface area contributed by atoms with E-state index in [2.05, 4.69) is 11.2 Å². The van der Waals surface area contributed by atoms with Gasteiger partial charge >= 0.3 is 0 Å². The van der Waals surface area contributed by atoms with Gasteiger partial charge in [-0.2, -0.15) is 0 Å². The maximum Gasteiger partial charge on any atom is 0.266 e. The van der Waals surface area contributed by atoms with E-state index in [1.165, 1.54) is 23.1 Å². The molecule has 1 aliphatic heterocycles. The standard InChI is InChI=1S/C24H24N2O3/c1-6-12-25-22(27)16-10-11-19-20(13-16)24(29)26(23(19)28)21-17(14(2)3)8-7-9-18(21)15(4)5/h1,7-11,13-15H,12H2,2-5H3,(H,25,27). The lowest BCUT2D eigenvalue weighted by atomic mass is 9.92. The maximum atomic E-state index is 13.3. The molecule has 3 rings (SSSR count). The largest absolute Gasteiger partial charge is 0.341 e. The number of fused-ring (bicyclic) bond motifs is 1. The van der Waals surface area contributed by atoms with E-state index in [9.17, 15) is 14.4 Å². The van der Waals surface area contributed by atoms with Crippen LogP contribution in [0.5, 0.6) is 0 Å². The summed E-state index contributed by atoms with van der Waals surface area (Å²) in [6.07, 6.45) is 5.17. The Morgan fingerprint density at radius 2 is 1.59 bits per heavy atom. The molecule has 29 heavy (non-hydrogen) atoms. The number of hydrogen-bond donors (Lipinski definition) is 1. The maximum absolute atomic E-state index is 13.3. The van der Waals surface area contributed by atoms with Crippen molar-refractivity contribution in [2.45, 2.75) is 39.5 Å². The van der Waals surface area contributed by atoms with Crippen molar-refractivity contribution in [2.24, 2.45) is 0 Å². The Labute approximate surface area is 171 Å². The van der Waals surface area contributed by atoms with Crippen LogP contribution in [0.4, 0.5) is 5.69 Å². The van der Waals surface area contributed by atoms with Gasteiger partial charge in [-0.15, -0.1) is 6.42 Å². The molecule has 1 N–H and O–H groups in total. The first-order chi connectivity index (χ1) is 13.8. The van der Waals surface area contributed by atoms with Gasteiger partial charge in [0.25, 0.3) is 17.7 Å². The fourth-order valence-electron chi connectivity index (χ4n) is 3.59. The number of terminal acetylenes is 1. The van der Waals surface area contributed by atoms with Gasteiger partial charge in [0.2, 0.25) is 0 Å². The number of para-hydroxylation sites is 1. The molecule has 0 aliphatic carbocycles. The van der Waals surface area contributed by atoms with Crippen LogP contribution in [0, 0.1) is 12.3 Å². The van der Waals surface area contributed by atoms with Gasteiger partial charge in [0.15, 0.2) is 0 Å². The van der Waals surface area contributed by atoms with E-state index in [4.69, 9.17) is 6.42 Å². The number of amides is 3. The Bertz CT molecular complexity index is 1020. The van der Waals surface area contributed by atoms with Crippen LogP contribution in [-0.2, 0) is 0 Å². The number of nitrogens with zero attached hydrogens (tertiary/aromatic N) is 1. The number of carbonyl (C=O) groups is 3. The summed E-state index contributed by atoms with van der Waals surface area (Å²) in [5.41, 5.74) is 3.37. The SMILES string of the molecule is C#CCNC(=O)c1ccc2c(c1)C(=O)N(c1c(C(C)C)cccc1C(C)C)C2=O. The molecule has 1 aliphatic rings. The van der Waals surface area contributed by atoms with E-state index in [1.807, 2.05) is 45.9 Å². The third kappa shape index (κ3) is 3.54. The third-order valence-electron chi connectivity index (χ3n) is 5.07. The highest BCUT2D eigenvalue weighted by molar-refractivity contribution is 6.35. The van der Waals surface area contributed by atoms with E-state index >= 15 is 0 Å². The van der Waals surface area contributed by atoms with Crippen molar-refractivity contribution < 1.29 is 14.4 Å². The highest BCUT2D eigenvalue weighted by Gasteiger charge is 2.39. The zero-order valence-corrected chi connectivity index (χ0v) is 17.1. The summed E-state index contributed by atoms with van der Waals surface area (Å²) in [7, 11) is 0. The van der Waals surface area contributed by atoms with Crippen molar-refractivity contribution in [3.8, 4) is 12.3 Å². The van der Waals surface area contributed by atoms with Crippen molar-refractivity contribution in [2.75, 3.05) is 11.4 Å². The van der Waals surface area contributed by atoms with E-state index in [-0.39, 0.29) is 35.8 Å². The van der Waals surface area contributed by atoms with Gasteiger partial charge in [0.1, 0.15) is 0 Å². The van der Waals surface area contributed by atoms with Gasteiger partial charge in [-0.3, -0.25) is 14.4 Å². The normalized spacial score (nSPS) is 13.1. The number of hydrogen-bond acceptors (Lipinski definition) is 3. The van der Waals surface area contributed by atoms with Crippen LogP contribution in [0.3, 0.4) is 0 Å². The fraction of sp³-hybridized carbons (Fsp3) is 0.292. The van der Waals surface area contributed by atoms with Crippen molar-refractivity contribution in [3.05, 3.63) is 64.2 Å². The van der Waals surface area contributed by atoms with Gasteiger partial charge in [0, 0.05) is 5.56 Å². The first kappa shape index (κ1) is 20.3. The van der Waals surface area contributed by atoms with E-state index < -0.39 is 5.91 Å². The molecule has 0 unspecified atom stereocenters. The molecule has 2 aromatic carbocycles. The van der Waals surface area contributed by atoms with Gasteiger partial charge in [-0.25, -0.2) is 4.90 Å². The van der Waals surface area contributed by atoms with Gasteiger partial charge in [0.05, 0.1) is 23.4 Å². The van der Waals surface area contributed by atoms with Crippen LogP contribution in [0.15, 0.2) is 36.4 Å². The summed E-state index contributed by atoms with van der Waals surface area (Å²) in [4.78, 5) is 40.0. The smallest absolute Gasteiger partial charge is 0.266 e. The number of benzene rings is 2. The summed E-state index contributed by atoms with van der Waals surface area (Å²) in [5, 5.41) is 2.57. The van der Waals surface area contributed by atoms with Crippen LogP contribution < -0.4 is 10.2 Å². The summed E-state index contributed by atoms with van der Waals surface area (Å²) >= 11 is 0. The van der Waals surface area contributed by atoms with E-state index in [1.54, 1.807) is 0 Å². The van der Waals surface area contributed by atoms with Crippen molar-refractivity contribution in [3.63, 3.8) is 0 Å². The first-order valence-electron chi connectivity index (χ1n) is 9.65. The third-order valence-corrected chi connectivity index (χ3v) is 5.07. The molecule has 0 atom stereocenters. The molecular weight excluding hydrogens is 364 g/mol. The van der Waals surface area contributed by atoms with Crippen LogP contribution in [0.2, 0.25) is 0 Å². The quantitative estimate of drug-likeness (QED) is 0.620. The monoisotopic (exact) mass is 388 g/mol. The second-order valence-electron chi connectivity index (χ2n) is 7.69. The predicted octanol–water partition coefficient (Wildman–Crippen LogP) is 4.10. The molecule has 0 saturated heterocycles. The fourth-order valence-corrected chi connectivity index (χ4v) is 3.59. The molecule has 5 heteroatoms. The molecule has 148 valence electrons. The van der Waals surface area contributed by atoms with E-state index in [0.29, 0.717) is 16.8 Å². The number of nitrogens with one attached hydrogen (secondary N) is 1. The average Bonchev–Trinajstić information content (AvgIpc) is 2.95. The van der Waals surface area contributed by atoms with Gasteiger partial charge in [-0.05, 0) is 41.2 Å². The van der Waals surface area contributed by atoms with Gasteiger partial charge < -0.3 is 5.32 Å². The summed E-state index contributed by atoms with van der Waals surface area (Å²) < 4.78 is 0. The number of rotatable bonds is 5. The molecule has 0 bridgehead atoms. The Morgan fingerprint density at radius 3 is 2.14 bits per heavy atom. The van der Waals surface area contributed by atoms with Crippen molar-refractivity contribution in [1.82, 2.24) is 5.32 Å². The molecular formula is C24H24N2O3. The second kappa shape index (κ2) is 7.92. The Kier molecular flexibility index (Phi) is 5.56. The zero-order valence-electron chi connectivity index (χ0n) is 17.1. The predicted molar refractivity (Wildman–Crippen MR) is 113 cm³/mol. The Balaban J connectivity index is 2.11. The minimum Gasteiger partial charge on any atom is -0.341 e. The van der Waals surface area contributed by atoms with Gasteiger partial charge in [-0.1, -0.05) is 51.8 Å². The molecule has 3 amide bonds. The Morgan fingerprint density at radius 1 is 1.00 bits per heavy atom. The zero-order chi connectivity index (χ0) is 21.3. The van der Waals surface area contributed by atoms with Crippen LogP contribution >= 0.6 is 0 Å². The molecule has 5 nitrogen and oxygen atoms in total. The summed E-state index contributed by atoms with van der Waals surface area (Å²) in [6, 6.07) is 10.4. The van der Waals surface area contributed by atoms with Crippen LogP contribution in [0.1, 0.15) is 81.7 Å². The topological polar surface area (TPSA) is 66.5 Å². The lowest BCUT2D eigenvalue weighted by Gasteiger charge is -2.25. The molecule has 0 fully saturated rings. The lowest BCUT2D eigenvalue weighted by molar-refractivity contribution is 0.0923. The number of anilines is 1. The van der Waals surface area contributed by atoms with Crippen molar-refractivity contribution in [1.29, 1.82) is 0 Å². The minimum absolute atomic E-state index is 0.0917. The summed E-state index contributed by atoms with van der Waals surface area (Å²) in [5.74, 6) is 1.46.